The van der Waals surface area contributed by atoms with Gasteiger partial charge in [0.1, 0.15) is 0 Å². The van der Waals surface area contributed by atoms with Crippen molar-refractivity contribution in [3.8, 4) is 0 Å². The number of piperidine rings is 1. The van der Waals surface area contributed by atoms with E-state index < -0.39 is 11.6 Å². The van der Waals surface area contributed by atoms with Gasteiger partial charge in [0.2, 0.25) is 0 Å². The van der Waals surface area contributed by atoms with Crippen LogP contribution in [-0.4, -0.2) is 41.5 Å². The van der Waals surface area contributed by atoms with Gasteiger partial charge in [-0.3, -0.25) is 9.59 Å². The lowest BCUT2D eigenvalue weighted by Gasteiger charge is -2.35. The highest BCUT2D eigenvalue weighted by Crippen LogP contribution is 2.40. The zero-order chi connectivity index (χ0) is 18.2. The fraction of sp³-hybridized carbons (Fsp3) is 0.556. The number of carbonyl (C=O) groups is 2. The van der Waals surface area contributed by atoms with E-state index in [0.29, 0.717) is 41.5 Å². The molecule has 4 nitrogen and oxygen atoms in total. The van der Waals surface area contributed by atoms with E-state index in [-0.39, 0.29) is 17.9 Å². The Bertz CT molecular complexity index is 686. The largest absolute Gasteiger partial charge is 0.351 e. The Hall–Kier alpha value is -1.33. The first-order valence-corrected chi connectivity index (χ1v) is 9.30. The molecular formula is C18H21Cl2FN2O2. The number of carbonyl (C=O) groups excluding carboxylic acids is 2. The maximum absolute atomic E-state index is 13.8. The molecule has 1 aromatic rings. The van der Waals surface area contributed by atoms with Crippen molar-refractivity contribution < 1.29 is 14.0 Å². The van der Waals surface area contributed by atoms with Crippen LogP contribution in [0.15, 0.2) is 18.2 Å². The molecule has 0 unspecified atom stereocenters. The van der Waals surface area contributed by atoms with Crippen molar-refractivity contribution in [1.29, 1.82) is 0 Å². The molecule has 1 aliphatic heterocycles. The zero-order valence-corrected chi connectivity index (χ0v) is 15.5. The van der Waals surface area contributed by atoms with E-state index in [9.17, 15) is 14.0 Å². The Labute approximate surface area is 156 Å². The predicted octanol–water partition coefficient (Wildman–Crippen LogP) is 3.85. The van der Waals surface area contributed by atoms with Crippen LogP contribution in [0.2, 0.25) is 10.0 Å². The zero-order valence-electron chi connectivity index (χ0n) is 14.0. The molecule has 1 saturated heterocycles. The van der Waals surface area contributed by atoms with Gasteiger partial charge in [0.15, 0.2) is 5.67 Å². The second-order valence-electron chi connectivity index (χ2n) is 6.98. The van der Waals surface area contributed by atoms with Crippen LogP contribution in [0.25, 0.3) is 0 Å². The molecule has 0 radical (unpaired) electrons. The number of likely N-dealkylation sites (tertiary alicyclic amines) is 1. The molecule has 1 heterocycles. The maximum atomic E-state index is 13.8. The summed E-state index contributed by atoms with van der Waals surface area (Å²) in [6.07, 6.45) is 2.16. The molecule has 25 heavy (non-hydrogen) atoms. The lowest BCUT2D eigenvalue weighted by Crippen LogP contribution is -2.47. The van der Waals surface area contributed by atoms with Gasteiger partial charge in [-0.1, -0.05) is 23.2 Å². The normalized spacial score (nSPS) is 20.9. The van der Waals surface area contributed by atoms with Gasteiger partial charge in [0.05, 0.1) is 10.6 Å². The fourth-order valence-electron chi connectivity index (χ4n) is 3.23. The molecule has 3 rings (SSSR count). The highest BCUT2D eigenvalue weighted by molar-refractivity contribution is 6.36. The summed E-state index contributed by atoms with van der Waals surface area (Å²) in [6, 6.07) is 4.75. The first-order chi connectivity index (χ1) is 11.8. The van der Waals surface area contributed by atoms with Gasteiger partial charge in [-0.25, -0.2) is 4.39 Å². The molecule has 2 fully saturated rings. The van der Waals surface area contributed by atoms with Crippen molar-refractivity contribution in [2.75, 3.05) is 13.1 Å². The average Bonchev–Trinajstić information content (AvgIpc) is 3.33. The molecule has 1 saturated carbocycles. The Kier molecular flexibility index (Phi) is 5.26. The number of benzene rings is 1. The number of hydrogen-bond donors (Lipinski definition) is 1. The van der Waals surface area contributed by atoms with E-state index in [1.54, 1.807) is 23.1 Å². The number of alkyl halides is 1. The molecule has 0 aromatic heterocycles. The summed E-state index contributed by atoms with van der Waals surface area (Å²) in [5.74, 6) is -0.375. The third-order valence-electron chi connectivity index (χ3n) is 5.15. The third kappa shape index (κ3) is 4.09. The molecule has 0 spiro atoms. The Morgan fingerprint density at radius 2 is 1.92 bits per heavy atom. The first-order valence-electron chi connectivity index (χ1n) is 8.54. The summed E-state index contributed by atoms with van der Waals surface area (Å²) in [6.45, 7) is 3.08. The van der Waals surface area contributed by atoms with Crippen LogP contribution in [0.5, 0.6) is 0 Å². The first kappa shape index (κ1) is 18.5. The van der Waals surface area contributed by atoms with Crippen LogP contribution in [0.4, 0.5) is 4.39 Å². The minimum atomic E-state index is -1.64. The van der Waals surface area contributed by atoms with Gasteiger partial charge < -0.3 is 10.2 Å². The molecule has 136 valence electrons. The highest BCUT2D eigenvalue weighted by Gasteiger charge is 2.51. The number of rotatable bonds is 4. The van der Waals surface area contributed by atoms with E-state index in [1.165, 1.54) is 0 Å². The van der Waals surface area contributed by atoms with Crippen molar-refractivity contribution in [3.63, 3.8) is 0 Å². The van der Waals surface area contributed by atoms with Gasteiger partial charge in [-0.2, -0.15) is 0 Å². The lowest BCUT2D eigenvalue weighted by atomic mass is 9.90. The van der Waals surface area contributed by atoms with E-state index in [1.807, 2.05) is 6.92 Å². The van der Waals surface area contributed by atoms with Crippen molar-refractivity contribution in [1.82, 2.24) is 10.2 Å². The molecule has 2 aliphatic rings. The SMILES string of the molecule is C[C@H](NC(=O)C1(F)CC1)C1CCN(C(=O)c2ccc(Cl)cc2Cl)CC1. The number of nitrogens with zero attached hydrogens (tertiary/aromatic N) is 1. The average molecular weight is 387 g/mol. The second kappa shape index (κ2) is 7.12. The summed E-state index contributed by atoms with van der Waals surface area (Å²) in [4.78, 5) is 26.2. The fourth-order valence-corrected chi connectivity index (χ4v) is 3.72. The minimum absolute atomic E-state index is 0.0999. The van der Waals surface area contributed by atoms with E-state index >= 15 is 0 Å². The number of hydrogen-bond acceptors (Lipinski definition) is 2. The molecule has 1 aromatic carbocycles. The molecule has 1 N–H and O–H groups in total. The van der Waals surface area contributed by atoms with Crippen LogP contribution in [0.1, 0.15) is 43.0 Å². The summed E-state index contributed by atoms with van der Waals surface area (Å²) >= 11 is 12.0. The van der Waals surface area contributed by atoms with Crippen molar-refractivity contribution in [3.05, 3.63) is 33.8 Å². The van der Waals surface area contributed by atoms with Crippen LogP contribution in [0.3, 0.4) is 0 Å². The highest BCUT2D eigenvalue weighted by atomic mass is 35.5. The van der Waals surface area contributed by atoms with E-state index in [2.05, 4.69) is 5.32 Å². The van der Waals surface area contributed by atoms with Crippen molar-refractivity contribution >= 4 is 35.0 Å². The summed E-state index contributed by atoms with van der Waals surface area (Å²) in [5.41, 5.74) is -1.20. The molecule has 0 bridgehead atoms. The molecule has 2 amide bonds. The number of halogens is 3. The lowest BCUT2D eigenvalue weighted by molar-refractivity contribution is -0.128. The van der Waals surface area contributed by atoms with E-state index in [0.717, 1.165) is 12.8 Å². The Morgan fingerprint density at radius 1 is 1.28 bits per heavy atom. The van der Waals surface area contributed by atoms with Gasteiger partial charge in [0, 0.05) is 24.2 Å². The Balaban J connectivity index is 1.54. The number of amides is 2. The molecular weight excluding hydrogens is 366 g/mol. The summed E-state index contributed by atoms with van der Waals surface area (Å²) in [7, 11) is 0. The quantitative estimate of drug-likeness (QED) is 0.853. The number of nitrogens with one attached hydrogen (secondary N) is 1. The summed E-state index contributed by atoms with van der Waals surface area (Å²) in [5, 5.41) is 3.63. The van der Waals surface area contributed by atoms with Crippen LogP contribution in [-0.2, 0) is 4.79 Å². The van der Waals surface area contributed by atoms with Crippen LogP contribution < -0.4 is 5.32 Å². The van der Waals surface area contributed by atoms with Gasteiger partial charge in [0.25, 0.3) is 11.8 Å². The van der Waals surface area contributed by atoms with Crippen LogP contribution in [0, 0.1) is 5.92 Å². The topological polar surface area (TPSA) is 49.4 Å². The minimum Gasteiger partial charge on any atom is -0.351 e. The van der Waals surface area contributed by atoms with Crippen LogP contribution >= 0.6 is 23.2 Å². The Morgan fingerprint density at radius 3 is 2.48 bits per heavy atom. The second-order valence-corrected chi connectivity index (χ2v) is 7.82. The van der Waals surface area contributed by atoms with Gasteiger partial charge in [-0.05, 0) is 56.7 Å². The summed E-state index contributed by atoms with van der Waals surface area (Å²) < 4.78 is 13.8. The van der Waals surface area contributed by atoms with Crippen molar-refractivity contribution in [2.24, 2.45) is 5.92 Å². The monoisotopic (exact) mass is 386 g/mol. The smallest absolute Gasteiger partial charge is 0.257 e. The van der Waals surface area contributed by atoms with E-state index in [4.69, 9.17) is 23.2 Å². The molecule has 1 aliphatic carbocycles. The molecule has 1 atom stereocenters. The van der Waals surface area contributed by atoms with Crippen molar-refractivity contribution in [2.45, 2.75) is 44.3 Å². The maximum Gasteiger partial charge on any atom is 0.257 e. The van der Waals surface area contributed by atoms with Gasteiger partial charge >= 0.3 is 0 Å². The molecule has 7 heteroatoms. The standard InChI is InChI=1S/C18H21Cl2FN2O2/c1-11(22-17(25)18(21)6-7-18)12-4-8-23(9-5-12)16(24)14-3-2-13(19)10-15(14)20/h2-3,10-12H,4-9H2,1H3,(H,22,25)/t11-/m0/s1. The third-order valence-corrected chi connectivity index (χ3v) is 5.70. The van der Waals surface area contributed by atoms with Gasteiger partial charge in [-0.15, -0.1) is 0 Å². The predicted molar refractivity (Wildman–Crippen MR) is 95.8 cm³/mol.